The molecule has 4 heteroatoms. The molecular formula is C26H28N2O2. The number of phenolic OH excluding ortho intramolecular Hbond substituents is 2. The van der Waals surface area contributed by atoms with Gasteiger partial charge in [0.2, 0.25) is 0 Å². The number of aromatic hydroxyl groups is 2. The predicted molar refractivity (Wildman–Crippen MR) is 118 cm³/mol. The molecule has 6 aliphatic rings. The van der Waals surface area contributed by atoms with E-state index in [1.807, 2.05) is 24.3 Å². The van der Waals surface area contributed by atoms with Gasteiger partial charge in [0.05, 0.1) is 0 Å². The Morgan fingerprint density at radius 1 is 0.600 bits per heavy atom. The van der Waals surface area contributed by atoms with Gasteiger partial charge in [0.25, 0.3) is 0 Å². The molecule has 8 atom stereocenters. The fourth-order valence-electron chi connectivity index (χ4n) is 8.02. The van der Waals surface area contributed by atoms with Crippen molar-refractivity contribution >= 4 is 11.4 Å². The zero-order chi connectivity index (χ0) is 20.0. The maximum absolute atomic E-state index is 9.93. The molecule has 0 amide bonds. The van der Waals surface area contributed by atoms with E-state index in [0.29, 0.717) is 23.3 Å². The van der Waals surface area contributed by atoms with E-state index in [0.717, 1.165) is 61.7 Å². The predicted octanol–water partition coefficient (Wildman–Crippen LogP) is 3.96. The molecule has 0 unspecified atom stereocenters. The smallest absolute Gasteiger partial charge is 0.117 e. The molecule has 2 heterocycles. The Labute approximate surface area is 177 Å². The second kappa shape index (κ2) is 5.96. The molecule has 30 heavy (non-hydrogen) atoms. The normalized spacial score (nSPS) is 40.1. The molecule has 2 N–H and O–H groups in total. The highest BCUT2D eigenvalue weighted by Crippen LogP contribution is 2.67. The first-order chi connectivity index (χ1) is 14.7. The highest BCUT2D eigenvalue weighted by molar-refractivity contribution is 5.54. The minimum absolute atomic E-state index is 0.366. The third-order valence-corrected chi connectivity index (χ3v) is 9.08. The van der Waals surface area contributed by atoms with Crippen LogP contribution in [-0.4, -0.2) is 36.4 Å². The maximum Gasteiger partial charge on any atom is 0.117 e. The van der Waals surface area contributed by atoms with Crippen molar-refractivity contribution in [2.75, 3.05) is 36.0 Å². The number of anilines is 2. The summed E-state index contributed by atoms with van der Waals surface area (Å²) in [6, 6.07) is 15.6. The van der Waals surface area contributed by atoms with Crippen LogP contribution in [0.2, 0.25) is 0 Å². The van der Waals surface area contributed by atoms with Crippen molar-refractivity contribution in [1.29, 1.82) is 0 Å². The second-order valence-corrected chi connectivity index (χ2v) is 10.2. The van der Waals surface area contributed by atoms with E-state index in [4.69, 9.17) is 0 Å². The molecule has 2 aliphatic heterocycles. The first kappa shape index (κ1) is 17.1. The zero-order valence-corrected chi connectivity index (χ0v) is 17.0. The summed E-state index contributed by atoms with van der Waals surface area (Å²) in [5.41, 5.74) is 2.35. The molecule has 4 nitrogen and oxygen atoms in total. The molecule has 2 aromatic rings. The van der Waals surface area contributed by atoms with Crippen molar-refractivity contribution in [1.82, 2.24) is 0 Å². The highest BCUT2D eigenvalue weighted by atomic mass is 16.3. The Morgan fingerprint density at radius 3 is 1.47 bits per heavy atom. The lowest BCUT2D eigenvalue weighted by Crippen LogP contribution is -2.61. The fourth-order valence-corrected chi connectivity index (χ4v) is 8.02. The van der Waals surface area contributed by atoms with Crippen LogP contribution in [0, 0.1) is 47.3 Å². The lowest BCUT2D eigenvalue weighted by atomic mass is 9.40. The van der Waals surface area contributed by atoms with Crippen LogP contribution in [0.3, 0.4) is 0 Å². The number of nitrogens with zero attached hydrogens (tertiary/aromatic N) is 2. The molecule has 2 bridgehead atoms. The van der Waals surface area contributed by atoms with E-state index in [9.17, 15) is 10.2 Å². The Kier molecular flexibility index (Phi) is 3.40. The Morgan fingerprint density at radius 2 is 1.03 bits per heavy atom. The van der Waals surface area contributed by atoms with Crippen molar-refractivity contribution in [3.63, 3.8) is 0 Å². The Hall–Kier alpha value is -2.62. The van der Waals surface area contributed by atoms with Gasteiger partial charge < -0.3 is 20.0 Å². The van der Waals surface area contributed by atoms with Crippen LogP contribution >= 0.6 is 0 Å². The number of rotatable bonds is 2. The van der Waals surface area contributed by atoms with Crippen LogP contribution in [-0.2, 0) is 0 Å². The van der Waals surface area contributed by atoms with Crippen molar-refractivity contribution in [3.8, 4) is 11.5 Å². The van der Waals surface area contributed by atoms with Crippen molar-refractivity contribution < 1.29 is 10.2 Å². The largest absolute Gasteiger partial charge is 0.508 e. The lowest BCUT2D eigenvalue weighted by Gasteiger charge is -2.63. The van der Waals surface area contributed by atoms with E-state index in [1.54, 1.807) is 12.1 Å². The number of benzene rings is 2. The molecule has 2 aromatic carbocycles. The summed E-state index contributed by atoms with van der Waals surface area (Å²) in [6.07, 6.45) is 5.12. The summed E-state index contributed by atoms with van der Waals surface area (Å²) in [5.74, 6) is 6.90. The monoisotopic (exact) mass is 400 g/mol. The first-order valence-electron chi connectivity index (χ1n) is 11.4. The summed E-state index contributed by atoms with van der Waals surface area (Å²) in [5, 5.41) is 19.8. The van der Waals surface area contributed by atoms with Crippen LogP contribution in [0.5, 0.6) is 11.5 Å². The fraction of sp³-hybridized carbons (Fsp3) is 0.462. The SMILES string of the molecule is Oc1cccc(N2C[C@@H]3[C@@H]4C=C[C@@H]([C@H]3C2)[C@H]2[C@H]3CN(c5cccc(O)c5)C[C@@H]3[C@H]42)c1. The van der Waals surface area contributed by atoms with Crippen LogP contribution in [0.15, 0.2) is 60.7 Å². The maximum atomic E-state index is 9.93. The minimum atomic E-state index is 0.366. The molecule has 4 aliphatic carbocycles. The average Bonchev–Trinajstić information content (AvgIpc) is 3.35. The summed E-state index contributed by atoms with van der Waals surface area (Å²) < 4.78 is 0. The van der Waals surface area contributed by atoms with E-state index >= 15 is 0 Å². The molecule has 2 saturated carbocycles. The number of allylic oxidation sites excluding steroid dienone is 2. The Balaban J connectivity index is 1.14. The molecular weight excluding hydrogens is 372 g/mol. The summed E-state index contributed by atoms with van der Waals surface area (Å²) in [4.78, 5) is 5.03. The second-order valence-electron chi connectivity index (χ2n) is 10.2. The molecule has 154 valence electrons. The third-order valence-electron chi connectivity index (χ3n) is 9.08. The number of phenols is 2. The van der Waals surface area contributed by atoms with Crippen molar-refractivity contribution in [2.24, 2.45) is 47.3 Å². The molecule has 2 saturated heterocycles. The average molecular weight is 401 g/mol. The summed E-state index contributed by atoms with van der Waals surface area (Å²) >= 11 is 0. The van der Waals surface area contributed by atoms with Crippen LogP contribution in [0.1, 0.15) is 0 Å². The highest BCUT2D eigenvalue weighted by Gasteiger charge is 2.66. The van der Waals surface area contributed by atoms with Crippen LogP contribution < -0.4 is 9.80 Å². The van der Waals surface area contributed by atoms with E-state index in [2.05, 4.69) is 34.1 Å². The molecule has 8 rings (SSSR count). The van der Waals surface area contributed by atoms with Gasteiger partial charge in [-0.15, -0.1) is 0 Å². The topological polar surface area (TPSA) is 46.9 Å². The van der Waals surface area contributed by atoms with Gasteiger partial charge in [0.15, 0.2) is 0 Å². The van der Waals surface area contributed by atoms with Gasteiger partial charge in [0, 0.05) is 49.7 Å². The third kappa shape index (κ3) is 2.22. The van der Waals surface area contributed by atoms with E-state index in [-0.39, 0.29) is 0 Å². The number of fused-ring (bicyclic) bond motifs is 1. The summed E-state index contributed by atoms with van der Waals surface area (Å²) in [7, 11) is 0. The van der Waals surface area contributed by atoms with Crippen LogP contribution in [0.25, 0.3) is 0 Å². The number of hydrogen-bond acceptors (Lipinski definition) is 4. The van der Waals surface area contributed by atoms with Crippen molar-refractivity contribution in [2.45, 2.75) is 0 Å². The number of hydrogen-bond donors (Lipinski definition) is 2. The summed E-state index contributed by atoms with van der Waals surface area (Å²) in [6.45, 7) is 4.52. The molecule has 0 spiro atoms. The van der Waals surface area contributed by atoms with Gasteiger partial charge in [-0.3, -0.25) is 0 Å². The zero-order valence-electron chi connectivity index (χ0n) is 17.0. The van der Waals surface area contributed by atoms with Crippen molar-refractivity contribution in [3.05, 3.63) is 60.7 Å². The molecule has 0 radical (unpaired) electrons. The van der Waals surface area contributed by atoms with Gasteiger partial charge in [0.1, 0.15) is 11.5 Å². The van der Waals surface area contributed by atoms with Crippen LogP contribution in [0.4, 0.5) is 11.4 Å². The quantitative estimate of drug-likeness (QED) is 0.749. The first-order valence-corrected chi connectivity index (χ1v) is 11.4. The van der Waals surface area contributed by atoms with Gasteiger partial charge >= 0.3 is 0 Å². The van der Waals surface area contributed by atoms with E-state index in [1.165, 1.54) is 11.4 Å². The standard InChI is InChI=1S/C26H28N2O2/c29-17-5-1-3-15(9-17)27-11-21-19-7-8-20(22(21)12-27)26-24-14-28(13-23(24)25(19)26)16-4-2-6-18(30)10-16/h1-10,19-26,29-30H,11-14H2/t19-,20-,21+,22+,23-,24-,25-,26-/m0/s1. The lowest BCUT2D eigenvalue weighted by molar-refractivity contribution is -0.119. The molecule has 0 aromatic heterocycles. The Bertz CT molecular complexity index is 999. The minimum Gasteiger partial charge on any atom is -0.508 e. The molecule has 4 fully saturated rings. The van der Waals surface area contributed by atoms with Gasteiger partial charge in [-0.1, -0.05) is 24.3 Å². The van der Waals surface area contributed by atoms with Gasteiger partial charge in [-0.05, 0) is 71.6 Å². The van der Waals surface area contributed by atoms with Gasteiger partial charge in [-0.25, -0.2) is 0 Å². The van der Waals surface area contributed by atoms with E-state index < -0.39 is 0 Å². The van der Waals surface area contributed by atoms with Gasteiger partial charge in [-0.2, -0.15) is 0 Å².